The Morgan fingerprint density at radius 1 is 1.27 bits per heavy atom. The molecule has 1 N–H and O–H groups in total. The molecule has 2 amide bonds. The molecule has 2 aromatic rings. The number of likely N-dealkylation sites (tertiary alicyclic amines) is 1. The Morgan fingerprint density at radius 2 is 1.97 bits per heavy atom. The first-order chi connectivity index (χ1) is 14.1. The van der Waals surface area contributed by atoms with Gasteiger partial charge in [0, 0.05) is 18.5 Å². The number of rotatable bonds is 6. The summed E-state index contributed by atoms with van der Waals surface area (Å²) in [6.07, 6.45) is 2.87. The van der Waals surface area contributed by atoms with Crippen molar-refractivity contribution in [2.75, 3.05) is 11.9 Å². The summed E-state index contributed by atoms with van der Waals surface area (Å²) in [5, 5.41) is 11.9. The number of carbonyl (C=O) groups excluding carboxylic acids is 2. The van der Waals surface area contributed by atoms with Crippen LogP contribution in [0.4, 0.5) is 9.52 Å². The van der Waals surface area contributed by atoms with E-state index in [1.807, 2.05) is 0 Å². The number of aromatic nitrogens is 2. The highest BCUT2D eigenvalue weighted by atomic mass is 32.1. The van der Waals surface area contributed by atoms with Gasteiger partial charge in [-0.2, -0.15) is 0 Å². The Bertz CT molecular complexity index is 891. The maximum absolute atomic E-state index is 13.1. The number of benzene rings is 1. The molecule has 8 heteroatoms. The number of carbonyl (C=O) groups is 2. The molecule has 0 aliphatic carbocycles. The van der Waals surface area contributed by atoms with Crippen LogP contribution in [0.15, 0.2) is 24.3 Å². The molecule has 0 radical (unpaired) electrons. The average Bonchev–Trinajstić information content (AvgIpc) is 3.30. The van der Waals surface area contributed by atoms with Crippen LogP contribution in [0.2, 0.25) is 0 Å². The smallest absolute Gasteiger partial charge is 0.249 e. The summed E-state index contributed by atoms with van der Waals surface area (Å²) in [5.74, 6) is -0.248. The minimum Gasteiger partial charge on any atom is -0.331 e. The van der Waals surface area contributed by atoms with Crippen LogP contribution < -0.4 is 5.32 Å². The molecule has 6 nitrogen and oxygen atoms in total. The van der Waals surface area contributed by atoms with Gasteiger partial charge in [0.05, 0.1) is 0 Å². The Hall–Kier alpha value is -2.35. The van der Waals surface area contributed by atoms with E-state index >= 15 is 0 Å². The summed E-state index contributed by atoms with van der Waals surface area (Å²) in [6.45, 7) is 9.20. The van der Waals surface area contributed by atoms with E-state index in [1.165, 1.54) is 23.5 Å². The molecule has 0 saturated carbocycles. The van der Waals surface area contributed by atoms with Crippen molar-refractivity contribution < 1.29 is 14.0 Å². The zero-order valence-electron chi connectivity index (χ0n) is 17.9. The summed E-state index contributed by atoms with van der Waals surface area (Å²) < 4.78 is 13.1. The molecular weight excluding hydrogens is 403 g/mol. The number of anilines is 1. The number of hydrogen-bond acceptors (Lipinski definition) is 5. The van der Waals surface area contributed by atoms with Gasteiger partial charge in [-0.1, -0.05) is 39.0 Å². The van der Waals surface area contributed by atoms with Crippen molar-refractivity contribution in [2.24, 2.45) is 11.3 Å². The molecule has 0 bridgehead atoms. The summed E-state index contributed by atoms with van der Waals surface area (Å²) in [4.78, 5) is 27.3. The SMILES string of the molecule is CC(CC(=O)N1CCCC1C(=O)Nc1nnc(-c2ccc(F)cc2)s1)CC(C)(C)C. The van der Waals surface area contributed by atoms with Gasteiger partial charge in [0.2, 0.25) is 16.9 Å². The molecule has 1 aliphatic heterocycles. The normalized spacial score (nSPS) is 17.8. The van der Waals surface area contributed by atoms with E-state index in [0.29, 0.717) is 29.5 Å². The quantitative estimate of drug-likeness (QED) is 0.716. The lowest BCUT2D eigenvalue weighted by molar-refractivity contribution is -0.137. The van der Waals surface area contributed by atoms with Crippen molar-refractivity contribution in [2.45, 2.75) is 59.4 Å². The molecule has 1 aromatic heterocycles. The van der Waals surface area contributed by atoms with Crippen molar-refractivity contribution in [1.82, 2.24) is 15.1 Å². The molecule has 1 aliphatic rings. The van der Waals surface area contributed by atoms with Crippen LogP contribution in [-0.2, 0) is 9.59 Å². The Labute approximate surface area is 180 Å². The van der Waals surface area contributed by atoms with E-state index < -0.39 is 6.04 Å². The number of nitrogens with zero attached hydrogens (tertiary/aromatic N) is 3. The molecule has 1 saturated heterocycles. The molecule has 3 rings (SSSR count). The van der Waals surface area contributed by atoms with Gasteiger partial charge in [-0.3, -0.25) is 14.9 Å². The van der Waals surface area contributed by atoms with Gasteiger partial charge in [0.1, 0.15) is 16.9 Å². The van der Waals surface area contributed by atoms with Crippen LogP contribution in [0.1, 0.15) is 53.4 Å². The van der Waals surface area contributed by atoms with Crippen molar-refractivity contribution in [3.05, 3.63) is 30.1 Å². The molecule has 2 unspecified atom stereocenters. The van der Waals surface area contributed by atoms with Crippen LogP contribution >= 0.6 is 11.3 Å². The number of amides is 2. The predicted octanol–water partition coefficient (Wildman–Crippen LogP) is 4.74. The van der Waals surface area contributed by atoms with Crippen LogP contribution in [0.5, 0.6) is 0 Å². The van der Waals surface area contributed by atoms with E-state index in [-0.39, 0.29) is 29.0 Å². The zero-order valence-corrected chi connectivity index (χ0v) is 18.8. The highest BCUT2D eigenvalue weighted by molar-refractivity contribution is 7.18. The van der Waals surface area contributed by atoms with Gasteiger partial charge in [-0.25, -0.2) is 4.39 Å². The van der Waals surface area contributed by atoms with Gasteiger partial charge in [-0.05, 0) is 54.9 Å². The van der Waals surface area contributed by atoms with Gasteiger partial charge >= 0.3 is 0 Å². The van der Waals surface area contributed by atoms with Gasteiger partial charge in [0.25, 0.3) is 0 Å². The van der Waals surface area contributed by atoms with Crippen molar-refractivity contribution >= 4 is 28.3 Å². The molecule has 2 atom stereocenters. The van der Waals surface area contributed by atoms with E-state index in [4.69, 9.17) is 0 Å². The number of nitrogens with one attached hydrogen (secondary N) is 1. The van der Waals surface area contributed by atoms with E-state index in [1.54, 1.807) is 17.0 Å². The summed E-state index contributed by atoms with van der Waals surface area (Å²) >= 11 is 1.23. The molecular formula is C22H29FN4O2S. The third kappa shape index (κ3) is 5.84. The van der Waals surface area contributed by atoms with E-state index in [0.717, 1.165) is 18.4 Å². The standard InChI is InChI=1S/C22H29FN4O2S/c1-14(13-22(2,3)4)12-18(28)27-11-5-6-17(27)19(29)24-21-26-25-20(30-21)15-7-9-16(23)10-8-15/h7-10,14,17H,5-6,11-13H2,1-4H3,(H,24,26,29). The third-order valence-corrected chi connectivity index (χ3v) is 5.99. The number of hydrogen-bond donors (Lipinski definition) is 1. The summed E-state index contributed by atoms with van der Waals surface area (Å²) in [6, 6.07) is 5.49. The molecule has 162 valence electrons. The molecule has 1 aromatic carbocycles. The lowest BCUT2D eigenvalue weighted by atomic mass is 9.84. The topological polar surface area (TPSA) is 75.2 Å². The Kier molecular flexibility index (Phi) is 6.85. The first kappa shape index (κ1) is 22.3. The highest BCUT2D eigenvalue weighted by Gasteiger charge is 2.35. The summed E-state index contributed by atoms with van der Waals surface area (Å²) in [5.41, 5.74) is 0.904. The van der Waals surface area contributed by atoms with Crippen LogP contribution in [0.25, 0.3) is 10.6 Å². The van der Waals surface area contributed by atoms with E-state index in [2.05, 4.69) is 43.2 Å². The van der Waals surface area contributed by atoms with Crippen molar-refractivity contribution in [3.8, 4) is 10.6 Å². The second-order valence-corrected chi connectivity index (χ2v) is 10.2. The minimum absolute atomic E-state index is 0.0358. The van der Waals surface area contributed by atoms with Crippen molar-refractivity contribution in [3.63, 3.8) is 0 Å². The lowest BCUT2D eigenvalue weighted by Crippen LogP contribution is -2.43. The third-order valence-electron chi connectivity index (χ3n) is 5.11. The molecule has 1 fully saturated rings. The maximum Gasteiger partial charge on any atom is 0.249 e. The minimum atomic E-state index is -0.475. The fourth-order valence-electron chi connectivity index (χ4n) is 4.04. The second-order valence-electron chi connectivity index (χ2n) is 9.23. The van der Waals surface area contributed by atoms with Gasteiger partial charge < -0.3 is 4.90 Å². The molecule has 0 spiro atoms. The first-order valence-electron chi connectivity index (χ1n) is 10.3. The average molecular weight is 433 g/mol. The maximum atomic E-state index is 13.1. The molecule has 30 heavy (non-hydrogen) atoms. The fraction of sp³-hybridized carbons (Fsp3) is 0.545. The predicted molar refractivity (Wildman–Crippen MR) is 117 cm³/mol. The lowest BCUT2D eigenvalue weighted by Gasteiger charge is -2.27. The second kappa shape index (κ2) is 9.20. The largest absolute Gasteiger partial charge is 0.331 e. The van der Waals surface area contributed by atoms with Crippen LogP contribution in [-0.4, -0.2) is 39.5 Å². The van der Waals surface area contributed by atoms with Crippen LogP contribution in [0.3, 0.4) is 0 Å². The van der Waals surface area contributed by atoms with Gasteiger partial charge in [-0.15, -0.1) is 10.2 Å². The first-order valence-corrected chi connectivity index (χ1v) is 11.1. The zero-order chi connectivity index (χ0) is 21.9. The number of halogens is 1. The summed E-state index contributed by atoms with van der Waals surface area (Å²) in [7, 11) is 0. The Morgan fingerprint density at radius 3 is 2.63 bits per heavy atom. The highest BCUT2D eigenvalue weighted by Crippen LogP contribution is 2.29. The monoisotopic (exact) mass is 432 g/mol. The fourth-order valence-corrected chi connectivity index (χ4v) is 4.79. The molecule has 2 heterocycles. The van der Waals surface area contributed by atoms with E-state index in [9.17, 15) is 14.0 Å². The van der Waals surface area contributed by atoms with Crippen LogP contribution in [0, 0.1) is 17.2 Å². The van der Waals surface area contributed by atoms with Crippen molar-refractivity contribution in [1.29, 1.82) is 0 Å². The van der Waals surface area contributed by atoms with Gasteiger partial charge in [0.15, 0.2) is 0 Å². The Balaban J connectivity index is 1.60.